The molecule has 0 radical (unpaired) electrons. The second-order valence-electron chi connectivity index (χ2n) is 7.98. The number of nitrogens with one attached hydrogen (secondary N) is 1. The molecule has 1 N–H and O–H groups in total. The lowest BCUT2D eigenvalue weighted by Gasteiger charge is -2.29. The number of aromatic nitrogens is 2. The molecule has 3 heterocycles. The van der Waals surface area contributed by atoms with Crippen molar-refractivity contribution in [3.63, 3.8) is 0 Å². The fourth-order valence-electron chi connectivity index (χ4n) is 4.11. The number of halogens is 1. The van der Waals surface area contributed by atoms with E-state index in [-0.39, 0.29) is 5.82 Å². The molecule has 1 aromatic heterocycles. The monoisotopic (exact) mass is 405 g/mol. The van der Waals surface area contributed by atoms with Crippen LogP contribution in [0.3, 0.4) is 0 Å². The molecule has 7 heteroatoms. The van der Waals surface area contributed by atoms with E-state index in [1.165, 1.54) is 11.6 Å². The van der Waals surface area contributed by atoms with Crippen molar-refractivity contribution in [1.29, 1.82) is 0 Å². The molecule has 1 saturated heterocycles. The average molecular weight is 405 g/mol. The van der Waals surface area contributed by atoms with Gasteiger partial charge in [0.1, 0.15) is 5.82 Å². The van der Waals surface area contributed by atoms with Gasteiger partial charge in [-0.1, -0.05) is 26.0 Å². The van der Waals surface area contributed by atoms with Crippen LogP contribution in [-0.2, 0) is 11.3 Å². The molecule has 1 fully saturated rings. The third-order valence-corrected chi connectivity index (χ3v) is 5.62. The van der Waals surface area contributed by atoms with Crippen molar-refractivity contribution in [3.05, 3.63) is 53.5 Å². The van der Waals surface area contributed by atoms with Gasteiger partial charge in [0.25, 0.3) is 0 Å². The van der Waals surface area contributed by atoms with Crippen LogP contribution in [0.4, 0.5) is 21.7 Å². The molecular weight excluding hydrogens is 381 g/mol. The molecule has 2 aromatic carbocycles. The fourth-order valence-corrected chi connectivity index (χ4v) is 4.11. The summed E-state index contributed by atoms with van der Waals surface area (Å²) in [6, 6.07) is 9.29. The fraction of sp³-hybridized carbons (Fsp3) is 0.348. The minimum Gasteiger partial charge on any atom is -0.378 e. The number of morpholine rings is 1. The number of nitrogens with zero attached hydrogens (tertiary/aromatic N) is 4. The van der Waals surface area contributed by atoms with Crippen molar-refractivity contribution < 1.29 is 9.13 Å². The molecule has 0 atom stereocenters. The Kier molecular flexibility index (Phi) is 4.83. The average Bonchev–Trinajstić information content (AvgIpc) is 3.20. The highest BCUT2D eigenvalue weighted by Gasteiger charge is 2.22. The third-order valence-electron chi connectivity index (χ3n) is 5.62. The number of ether oxygens (including phenoxy) is 1. The summed E-state index contributed by atoms with van der Waals surface area (Å²) in [7, 11) is 0. The maximum atomic E-state index is 14.7. The number of fused-ring (bicyclic) bond motifs is 3. The van der Waals surface area contributed by atoms with Gasteiger partial charge in [-0.05, 0) is 29.7 Å². The Hall–Kier alpha value is -3.06. The molecular formula is C23H24FN5O. The molecule has 154 valence electrons. The Balaban J connectivity index is 1.45. The van der Waals surface area contributed by atoms with Gasteiger partial charge in [0, 0.05) is 41.6 Å². The highest BCUT2D eigenvalue weighted by atomic mass is 19.1. The maximum Gasteiger partial charge on any atom is 0.227 e. The second-order valence-corrected chi connectivity index (χ2v) is 7.98. The molecule has 2 aliphatic rings. The van der Waals surface area contributed by atoms with Gasteiger partial charge in [-0.25, -0.2) is 14.4 Å². The molecule has 6 nitrogen and oxygen atoms in total. The smallest absolute Gasteiger partial charge is 0.227 e. The Labute approximate surface area is 174 Å². The lowest BCUT2D eigenvalue weighted by atomic mass is 9.96. The predicted octanol–water partition coefficient (Wildman–Crippen LogP) is 4.31. The summed E-state index contributed by atoms with van der Waals surface area (Å²) in [5.74, 6) is 0.507. The minimum atomic E-state index is -0.266. The lowest BCUT2D eigenvalue weighted by Crippen LogP contribution is -2.36. The van der Waals surface area contributed by atoms with Gasteiger partial charge in [-0.2, -0.15) is 0 Å². The van der Waals surface area contributed by atoms with Crippen LogP contribution in [0.25, 0.3) is 10.9 Å². The van der Waals surface area contributed by atoms with Crippen molar-refractivity contribution in [2.75, 3.05) is 36.5 Å². The zero-order chi connectivity index (χ0) is 20.7. The summed E-state index contributed by atoms with van der Waals surface area (Å²) in [4.78, 5) is 15.9. The summed E-state index contributed by atoms with van der Waals surface area (Å²) in [5, 5.41) is 4.13. The summed E-state index contributed by atoms with van der Waals surface area (Å²) in [6.07, 6.45) is 1.81. The molecule has 2 aliphatic heterocycles. The van der Waals surface area contributed by atoms with Crippen LogP contribution in [0.5, 0.6) is 0 Å². The molecule has 30 heavy (non-hydrogen) atoms. The van der Waals surface area contributed by atoms with Gasteiger partial charge < -0.3 is 15.0 Å². The first-order chi connectivity index (χ1) is 14.6. The largest absolute Gasteiger partial charge is 0.378 e. The second kappa shape index (κ2) is 7.65. The van der Waals surface area contributed by atoms with Crippen LogP contribution in [0.15, 0.2) is 41.5 Å². The van der Waals surface area contributed by atoms with E-state index in [4.69, 9.17) is 14.7 Å². The van der Waals surface area contributed by atoms with Gasteiger partial charge in [0.2, 0.25) is 5.95 Å². The third kappa shape index (κ3) is 3.39. The molecule has 0 spiro atoms. The topological polar surface area (TPSA) is 62.6 Å². The van der Waals surface area contributed by atoms with Crippen LogP contribution >= 0.6 is 0 Å². The summed E-state index contributed by atoms with van der Waals surface area (Å²) in [5.41, 5.74) is 5.49. The van der Waals surface area contributed by atoms with E-state index in [9.17, 15) is 4.39 Å². The van der Waals surface area contributed by atoms with E-state index >= 15 is 0 Å². The van der Waals surface area contributed by atoms with Crippen molar-refractivity contribution in [3.8, 4) is 0 Å². The highest BCUT2D eigenvalue weighted by Crippen LogP contribution is 2.30. The Morgan fingerprint density at radius 1 is 1.13 bits per heavy atom. The highest BCUT2D eigenvalue weighted by molar-refractivity contribution is 6.13. The Bertz CT molecular complexity index is 1140. The van der Waals surface area contributed by atoms with Crippen molar-refractivity contribution in [2.45, 2.75) is 20.4 Å². The lowest BCUT2D eigenvalue weighted by molar-refractivity contribution is 0.122. The number of hydrogen-bond donors (Lipinski definition) is 1. The molecule has 0 amide bonds. The SMILES string of the molecule is CC(C)C1=NCc2ccc3cnc(Nc4ccc(N5CCOCC5)c(F)c4)nc3c21. The van der Waals surface area contributed by atoms with Crippen molar-refractivity contribution in [1.82, 2.24) is 9.97 Å². The van der Waals surface area contributed by atoms with Crippen LogP contribution in [0.1, 0.15) is 25.0 Å². The van der Waals surface area contributed by atoms with E-state index in [1.807, 2.05) is 17.0 Å². The molecule has 0 saturated carbocycles. The zero-order valence-corrected chi connectivity index (χ0v) is 17.2. The van der Waals surface area contributed by atoms with E-state index in [1.54, 1.807) is 12.3 Å². The van der Waals surface area contributed by atoms with Crippen LogP contribution in [0, 0.1) is 11.7 Å². The first-order valence-electron chi connectivity index (χ1n) is 10.3. The summed E-state index contributed by atoms with van der Waals surface area (Å²) >= 11 is 0. The molecule has 3 aromatic rings. The summed E-state index contributed by atoms with van der Waals surface area (Å²) in [6.45, 7) is 7.62. The standard InChI is InChI=1S/C23H24FN5O/c1-14(2)21-20-15(12-25-21)3-4-16-13-26-23(28-22(16)20)27-17-5-6-19(18(24)11-17)29-7-9-30-10-8-29/h3-6,11,13-14H,7-10,12H2,1-2H3,(H,26,27,28). The van der Waals surface area contributed by atoms with Gasteiger partial charge >= 0.3 is 0 Å². The van der Waals surface area contributed by atoms with Gasteiger partial charge in [0.15, 0.2) is 0 Å². The molecule has 0 aliphatic carbocycles. The summed E-state index contributed by atoms with van der Waals surface area (Å²) < 4.78 is 20.1. The van der Waals surface area contributed by atoms with E-state index in [0.29, 0.717) is 56.1 Å². The van der Waals surface area contributed by atoms with Crippen LogP contribution < -0.4 is 10.2 Å². The maximum absolute atomic E-state index is 14.7. The first-order valence-corrected chi connectivity index (χ1v) is 10.3. The first kappa shape index (κ1) is 18.9. The Morgan fingerprint density at radius 2 is 1.97 bits per heavy atom. The molecule has 5 rings (SSSR count). The van der Waals surface area contributed by atoms with Gasteiger partial charge in [-0.15, -0.1) is 0 Å². The number of benzene rings is 2. The zero-order valence-electron chi connectivity index (χ0n) is 17.2. The van der Waals surface area contributed by atoms with E-state index in [2.05, 4.69) is 30.2 Å². The number of hydrogen-bond acceptors (Lipinski definition) is 6. The van der Waals surface area contributed by atoms with E-state index in [0.717, 1.165) is 22.2 Å². The number of anilines is 3. The van der Waals surface area contributed by atoms with Crippen molar-refractivity contribution in [2.24, 2.45) is 10.9 Å². The van der Waals surface area contributed by atoms with Gasteiger partial charge in [0.05, 0.1) is 31.0 Å². The minimum absolute atomic E-state index is 0.266. The number of rotatable bonds is 4. The van der Waals surface area contributed by atoms with E-state index < -0.39 is 0 Å². The Morgan fingerprint density at radius 3 is 2.73 bits per heavy atom. The molecule has 0 bridgehead atoms. The van der Waals surface area contributed by atoms with Crippen LogP contribution in [-0.4, -0.2) is 42.0 Å². The van der Waals surface area contributed by atoms with Crippen LogP contribution in [0.2, 0.25) is 0 Å². The van der Waals surface area contributed by atoms with Crippen molar-refractivity contribution >= 4 is 33.9 Å². The predicted molar refractivity (Wildman–Crippen MR) is 117 cm³/mol. The normalized spacial score (nSPS) is 16.1. The molecule has 0 unspecified atom stereocenters. The van der Waals surface area contributed by atoms with Gasteiger partial charge in [-0.3, -0.25) is 4.99 Å². The number of aliphatic imine (C=N–C) groups is 1. The quantitative estimate of drug-likeness (QED) is 0.701.